The quantitative estimate of drug-likeness (QED) is 0.549. The summed E-state index contributed by atoms with van der Waals surface area (Å²) in [4.78, 5) is -1.58. The molecule has 0 aliphatic rings. The zero-order chi connectivity index (χ0) is 6.78. The molecule has 0 radical (unpaired) electrons. The molecule has 0 heterocycles. The van der Waals surface area contributed by atoms with E-state index in [4.69, 9.17) is 23.2 Å². The minimum Gasteiger partial charge on any atom is -0.204 e. The predicted octanol–water partition coefficient (Wildman–Crippen LogP) is 2.84. The molecule has 0 unspecified atom stereocenters. The Morgan fingerprint density at radius 1 is 1.50 bits per heavy atom. The molecule has 0 spiro atoms. The second-order valence-corrected chi connectivity index (χ2v) is 2.51. The Hall–Kier alpha value is 0.440. The van der Waals surface area contributed by atoms with Crippen LogP contribution in [0.15, 0.2) is 0 Å². The minimum absolute atomic E-state index is 0.315. The van der Waals surface area contributed by atoms with E-state index in [1.165, 1.54) is 6.92 Å². The van der Waals surface area contributed by atoms with Crippen LogP contribution < -0.4 is 0 Å². The van der Waals surface area contributed by atoms with E-state index in [9.17, 15) is 8.78 Å². The molecule has 50 valence electrons. The Balaban J connectivity index is 3.71. The van der Waals surface area contributed by atoms with Gasteiger partial charge in [-0.2, -0.15) is 0 Å². The van der Waals surface area contributed by atoms with Gasteiger partial charge in [-0.1, -0.05) is 30.1 Å². The Morgan fingerprint density at radius 3 is 1.88 bits per heavy atom. The molecule has 0 aromatic heterocycles. The van der Waals surface area contributed by atoms with E-state index in [1.807, 2.05) is 0 Å². The monoisotopic (exact) mass is 162 g/mol. The highest BCUT2D eigenvalue weighted by molar-refractivity contribution is 6.45. The van der Waals surface area contributed by atoms with Gasteiger partial charge in [0.2, 0.25) is 0 Å². The predicted molar refractivity (Wildman–Crippen MR) is 30.7 cm³/mol. The van der Waals surface area contributed by atoms with Crippen LogP contribution in [0.2, 0.25) is 0 Å². The maximum atomic E-state index is 12.0. The Bertz CT molecular complexity index is 72.4. The summed E-state index contributed by atoms with van der Waals surface area (Å²) in [6, 6.07) is 0. The highest BCUT2D eigenvalue weighted by Gasteiger charge is 2.34. The molecule has 0 aliphatic carbocycles. The zero-order valence-corrected chi connectivity index (χ0v) is 5.81. The molecule has 0 saturated carbocycles. The molecule has 0 amide bonds. The standard InChI is InChI=1S/C4H6Cl2F2/c1-2-4(7,8)3(5)6/h3H,2H2,1H3. The van der Waals surface area contributed by atoms with E-state index in [-0.39, 0.29) is 6.42 Å². The molecule has 0 saturated heterocycles. The highest BCUT2D eigenvalue weighted by atomic mass is 35.5. The summed E-state index contributed by atoms with van der Waals surface area (Å²) >= 11 is 9.77. The van der Waals surface area contributed by atoms with Crippen LogP contribution in [0, 0.1) is 0 Å². The fourth-order valence-electron chi connectivity index (χ4n) is 0.154. The zero-order valence-electron chi connectivity index (χ0n) is 4.30. The summed E-state index contributed by atoms with van der Waals surface area (Å²) in [5.41, 5.74) is 0. The molecule has 0 N–H and O–H groups in total. The third-order valence-corrected chi connectivity index (χ3v) is 1.43. The summed E-state index contributed by atoms with van der Waals surface area (Å²) in [5.74, 6) is -2.93. The van der Waals surface area contributed by atoms with Gasteiger partial charge in [0.15, 0.2) is 4.84 Å². The second-order valence-electron chi connectivity index (χ2n) is 1.42. The van der Waals surface area contributed by atoms with Crippen molar-refractivity contribution < 1.29 is 8.78 Å². The molecular weight excluding hydrogens is 157 g/mol. The van der Waals surface area contributed by atoms with Gasteiger partial charge in [0.05, 0.1) is 0 Å². The van der Waals surface area contributed by atoms with E-state index in [2.05, 4.69) is 0 Å². The lowest BCUT2D eigenvalue weighted by atomic mass is 10.3. The summed E-state index contributed by atoms with van der Waals surface area (Å²) in [5, 5.41) is 0. The Labute approximate surface area is 56.8 Å². The molecule has 0 aromatic rings. The molecule has 0 atom stereocenters. The first kappa shape index (κ1) is 8.44. The van der Waals surface area contributed by atoms with Gasteiger partial charge >= 0.3 is 0 Å². The van der Waals surface area contributed by atoms with Gasteiger partial charge in [0.1, 0.15) is 0 Å². The van der Waals surface area contributed by atoms with E-state index in [1.54, 1.807) is 0 Å². The second kappa shape index (κ2) is 2.83. The first-order valence-electron chi connectivity index (χ1n) is 2.16. The van der Waals surface area contributed by atoms with Crippen molar-refractivity contribution in [1.82, 2.24) is 0 Å². The number of hydrogen-bond acceptors (Lipinski definition) is 0. The van der Waals surface area contributed by atoms with Crippen LogP contribution in [0.4, 0.5) is 8.78 Å². The smallest absolute Gasteiger partial charge is 0.204 e. The van der Waals surface area contributed by atoms with Crippen LogP contribution in [-0.4, -0.2) is 10.8 Å². The van der Waals surface area contributed by atoms with Crippen molar-refractivity contribution in [2.45, 2.75) is 24.1 Å². The normalized spacial score (nSPS) is 12.8. The lowest BCUT2D eigenvalue weighted by molar-refractivity contribution is 0.0118. The van der Waals surface area contributed by atoms with Gasteiger partial charge in [-0.05, 0) is 0 Å². The van der Waals surface area contributed by atoms with Crippen LogP contribution in [0.3, 0.4) is 0 Å². The van der Waals surface area contributed by atoms with E-state index in [0.29, 0.717) is 0 Å². The van der Waals surface area contributed by atoms with Crippen molar-refractivity contribution in [3.05, 3.63) is 0 Å². The largest absolute Gasteiger partial charge is 0.277 e. The highest BCUT2D eigenvalue weighted by Crippen LogP contribution is 2.29. The maximum Gasteiger partial charge on any atom is 0.277 e. The van der Waals surface area contributed by atoms with Crippen molar-refractivity contribution in [1.29, 1.82) is 0 Å². The van der Waals surface area contributed by atoms with E-state index >= 15 is 0 Å². The SMILES string of the molecule is CCC(F)(F)C(Cl)Cl. The molecule has 8 heavy (non-hydrogen) atoms. The molecule has 0 bridgehead atoms. The van der Waals surface area contributed by atoms with E-state index in [0.717, 1.165) is 0 Å². The molecule has 4 heteroatoms. The van der Waals surface area contributed by atoms with Gasteiger partial charge in [-0.3, -0.25) is 0 Å². The molecule has 0 aliphatic heterocycles. The van der Waals surface area contributed by atoms with Crippen LogP contribution in [0.25, 0.3) is 0 Å². The van der Waals surface area contributed by atoms with Gasteiger partial charge in [0, 0.05) is 6.42 Å². The summed E-state index contributed by atoms with van der Waals surface area (Å²) < 4.78 is 24.0. The Kier molecular flexibility index (Phi) is 2.99. The summed E-state index contributed by atoms with van der Waals surface area (Å²) in [6.07, 6.45) is -0.315. The topological polar surface area (TPSA) is 0 Å². The number of alkyl halides is 4. The van der Waals surface area contributed by atoms with Crippen LogP contribution in [0.1, 0.15) is 13.3 Å². The average Bonchev–Trinajstić information content (AvgIpc) is 1.67. The van der Waals surface area contributed by atoms with Crippen LogP contribution >= 0.6 is 23.2 Å². The fraction of sp³-hybridized carbons (Fsp3) is 1.00. The molecular formula is C4H6Cl2F2. The molecule has 0 nitrogen and oxygen atoms in total. The number of hydrogen-bond donors (Lipinski definition) is 0. The summed E-state index contributed by atoms with van der Waals surface area (Å²) in [6.45, 7) is 1.33. The van der Waals surface area contributed by atoms with Crippen molar-refractivity contribution in [3.63, 3.8) is 0 Å². The fourth-order valence-corrected chi connectivity index (χ4v) is 0.463. The van der Waals surface area contributed by atoms with E-state index < -0.39 is 10.8 Å². The first-order valence-corrected chi connectivity index (χ1v) is 3.04. The lowest BCUT2D eigenvalue weighted by Gasteiger charge is -2.13. The van der Waals surface area contributed by atoms with Crippen molar-refractivity contribution in [2.24, 2.45) is 0 Å². The lowest BCUT2D eigenvalue weighted by Crippen LogP contribution is -2.22. The molecule has 0 aromatic carbocycles. The first-order chi connectivity index (χ1) is 3.50. The van der Waals surface area contributed by atoms with Gasteiger partial charge in [-0.25, -0.2) is 8.78 Å². The number of rotatable bonds is 2. The van der Waals surface area contributed by atoms with Crippen molar-refractivity contribution in [3.8, 4) is 0 Å². The maximum absolute atomic E-state index is 12.0. The van der Waals surface area contributed by atoms with Crippen molar-refractivity contribution in [2.75, 3.05) is 0 Å². The minimum atomic E-state index is -2.93. The van der Waals surface area contributed by atoms with Crippen LogP contribution in [-0.2, 0) is 0 Å². The molecule has 0 fully saturated rings. The third kappa shape index (κ3) is 2.14. The van der Waals surface area contributed by atoms with Gasteiger partial charge in [-0.15, -0.1) is 0 Å². The average molecular weight is 163 g/mol. The summed E-state index contributed by atoms with van der Waals surface area (Å²) in [7, 11) is 0. The van der Waals surface area contributed by atoms with Crippen molar-refractivity contribution >= 4 is 23.2 Å². The Morgan fingerprint density at radius 2 is 1.88 bits per heavy atom. The molecule has 0 rings (SSSR count). The van der Waals surface area contributed by atoms with Gasteiger partial charge in [0.25, 0.3) is 5.92 Å². The van der Waals surface area contributed by atoms with Gasteiger partial charge < -0.3 is 0 Å². The van der Waals surface area contributed by atoms with Crippen LogP contribution in [0.5, 0.6) is 0 Å². The third-order valence-electron chi connectivity index (χ3n) is 0.791. The number of halogens is 4.